The molecule has 0 spiro atoms. The number of benzene rings is 2. The molecule has 5 rings (SSSR count). The molecule has 12 nitrogen and oxygen atoms in total. The highest BCUT2D eigenvalue weighted by atomic mass is 35.5. The fourth-order valence-electron chi connectivity index (χ4n) is 5.94. The molecule has 0 aliphatic carbocycles. The largest absolute Gasteiger partial charge is 0.390 e. The summed E-state index contributed by atoms with van der Waals surface area (Å²) in [6, 6.07) is 10.4. The van der Waals surface area contributed by atoms with E-state index in [1.54, 1.807) is 23.9 Å². The number of urea groups is 1. The Morgan fingerprint density at radius 3 is 2.50 bits per heavy atom. The van der Waals surface area contributed by atoms with Crippen LogP contribution in [0.3, 0.4) is 0 Å². The van der Waals surface area contributed by atoms with Crippen molar-refractivity contribution in [2.24, 2.45) is 0 Å². The van der Waals surface area contributed by atoms with Gasteiger partial charge in [-0.3, -0.25) is 9.48 Å². The third-order valence-electron chi connectivity index (χ3n) is 8.44. The standard InChI is InChI=1S/C31H39ClFN7O5S/c1-34-31(43)36-24-9-12-38(13-10-24)17-25(41)18-40-28-11-14-39(46(2,44)45)19-26(28)29(37-40)21-5-8-27(32)22(15-21)16-35-30(42)20-3-6-23(33)7-4-20/h3-8,15,24-25,41H,9-14,16-19H2,1-2H3,(H,35,42)(H2,34,36,43). The molecule has 3 heterocycles. The Balaban J connectivity index is 1.33. The summed E-state index contributed by atoms with van der Waals surface area (Å²) in [4.78, 5) is 26.4. The molecule has 15 heteroatoms. The lowest BCUT2D eigenvalue weighted by molar-refractivity contribution is 0.0797. The molecule has 3 aromatic rings. The van der Waals surface area contributed by atoms with Crippen LogP contribution in [0.1, 0.15) is 40.0 Å². The van der Waals surface area contributed by atoms with Crippen molar-refractivity contribution < 1.29 is 27.5 Å². The molecule has 248 valence electrons. The first-order chi connectivity index (χ1) is 21.9. The number of halogens is 2. The molecule has 2 aromatic carbocycles. The summed E-state index contributed by atoms with van der Waals surface area (Å²) in [5.41, 5.74) is 3.84. The van der Waals surface area contributed by atoms with Crippen LogP contribution in [0, 0.1) is 5.82 Å². The number of amides is 3. The minimum Gasteiger partial charge on any atom is -0.390 e. The maximum Gasteiger partial charge on any atom is 0.314 e. The Morgan fingerprint density at radius 1 is 1.11 bits per heavy atom. The van der Waals surface area contributed by atoms with Gasteiger partial charge in [0.2, 0.25) is 10.0 Å². The number of β-amino-alcohol motifs (C(OH)–C–C–N with tert-alkyl or cyclic N) is 1. The number of carbonyl (C=O) groups excluding carboxylic acids is 2. The summed E-state index contributed by atoms with van der Waals surface area (Å²) in [6.07, 6.45) is 2.46. The van der Waals surface area contributed by atoms with Crippen LogP contribution in [0.4, 0.5) is 9.18 Å². The SMILES string of the molecule is CNC(=O)NC1CCN(CC(O)Cn2nc(-c3ccc(Cl)c(CNC(=O)c4ccc(F)cc4)c3)c3c2CCN(S(C)(=O)=O)C3)CC1. The van der Waals surface area contributed by atoms with E-state index >= 15 is 0 Å². The Morgan fingerprint density at radius 2 is 1.83 bits per heavy atom. The number of rotatable bonds is 10. The Bertz CT molecular complexity index is 1680. The van der Waals surface area contributed by atoms with Crippen LogP contribution in [-0.2, 0) is 36.1 Å². The first kappa shape index (κ1) is 33.8. The molecule has 1 saturated heterocycles. The number of sulfonamides is 1. The van der Waals surface area contributed by atoms with Crippen molar-refractivity contribution >= 4 is 33.6 Å². The number of aromatic nitrogens is 2. The molecule has 3 amide bonds. The first-order valence-electron chi connectivity index (χ1n) is 15.2. The lowest BCUT2D eigenvalue weighted by Crippen LogP contribution is -2.48. The van der Waals surface area contributed by atoms with E-state index in [2.05, 4.69) is 20.9 Å². The van der Waals surface area contributed by atoms with Crippen LogP contribution in [-0.4, -0.2) is 96.1 Å². The van der Waals surface area contributed by atoms with Crippen LogP contribution in [0.5, 0.6) is 0 Å². The molecule has 0 saturated carbocycles. The Kier molecular flexibility index (Phi) is 10.6. The zero-order valence-electron chi connectivity index (χ0n) is 25.8. The first-order valence-corrected chi connectivity index (χ1v) is 17.4. The molecule has 1 fully saturated rings. The van der Waals surface area contributed by atoms with Crippen molar-refractivity contribution in [2.45, 2.75) is 51.0 Å². The average Bonchev–Trinajstić information content (AvgIpc) is 3.38. The van der Waals surface area contributed by atoms with Gasteiger partial charge in [-0.15, -0.1) is 0 Å². The van der Waals surface area contributed by atoms with E-state index in [-0.39, 0.29) is 37.6 Å². The highest BCUT2D eigenvalue weighted by molar-refractivity contribution is 7.88. The third kappa shape index (κ3) is 8.23. The second-order valence-electron chi connectivity index (χ2n) is 11.8. The maximum atomic E-state index is 13.3. The van der Waals surface area contributed by atoms with Crippen LogP contribution < -0.4 is 16.0 Å². The molecule has 2 aliphatic heterocycles. The van der Waals surface area contributed by atoms with Gasteiger partial charge in [0.05, 0.1) is 24.6 Å². The van der Waals surface area contributed by atoms with Gasteiger partial charge in [0.1, 0.15) is 5.82 Å². The van der Waals surface area contributed by atoms with E-state index in [0.29, 0.717) is 46.9 Å². The van der Waals surface area contributed by atoms with Crippen LogP contribution in [0.2, 0.25) is 5.02 Å². The van der Waals surface area contributed by atoms with Gasteiger partial charge in [-0.25, -0.2) is 17.6 Å². The summed E-state index contributed by atoms with van der Waals surface area (Å²) in [5, 5.41) is 24.7. The number of hydrogen-bond donors (Lipinski definition) is 4. The van der Waals surface area contributed by atoms with Crippen molar-refractivity contribution in [3.05, 3.63) is 75.7 Å². The van der Waals surface area contributed by atoms with Gasteiger partial charge in [-0.05, 0) is 54.8 Å². The van der Waals surface area contributed by atoms with Crippen molar-refractivity contribution in [1.82, 2.24) is 34.9 Å². The lowest BCUT2D eigenvalue weighted by Gasteiger charge is -2.33. The number of aliphatic hydroxyl groups excluding tert-OH is 1. The molecule has 4 N–H and O–H groups in total. The zero-order chi connectivity index (χ0) is 33.0. The molecule has 0 radical (unpaired) electrons. The van der Waals surface area contributed by atoms with Gasteiger partial charge in [-0.2, -0.15) is 9.40 Å². The molecule has 46 heavy (non-hydrogen) atoms. The minimum absolute atomic E-state index is 0.0901. The van der Waals surface area contributed by atoms with Crippen LogP contribution in [0.25, 0.3) is 11.3 Å². The summed E-state index contributed by atoms with van der Waals surface area (Å²) in [5.74, 6) is -0.818. The fourth-order valence-corrected chi connectivity index (χ4v) is 6.91. The van der Waals surface area contributed by atoms with E-state index in [1.807, 2.05) is 6.07 Å². The van der Waals surface area contributed by atoms with Crippen molar-refractivity contribution in [2.75, 3.05) is 39.5 Å². The van der Waals surface area contributed by atoms with Crippen molar-refractivity contribution in [3.63, 3.8) is 0 Å². The van der Waals surface area contributed by atoms with E-state index in [1.165, 1.54) is 34.8 Å². The lowest BCUT2D eigenvalue weighted by atomic mass is 10.0. The third-order valence-corrected chi connectivity index (χ3v) is 10.1. The number of likely N-dealkylation sites (tertiary alicyclic amines) is 1. The highest BCUT2D eigenvalue weighted by Crippen LogP contribution is 2.33. The molecule has 1 atom stereocenters. The number of nitrogens with one attached hydrogen (secondary N) is 3. The predicted molar refractivity (Wildman–Crippen MR) is 172 cm³/mol. The number of piperidine rings is 1. The van der Waals surface area contributed by atoms with E-state index in [0.717, 1.165) is 37.2 Å². The Labute approximate surface area is 272 Å². The van der Waals surface area contributed by atoms with E-state index in [4.69, 9.17) is 16.7 Å². The molecule has 1 aromatic heterocycles. The van der Waals surface area contributed by atoms with E-state index < -0.39 is 21.9 Å². The van der Waals surface area contributed by atoms with Crippen LogP contribution >= 0.6 is 11.6 Å². The minimum atomic E-state index is -3.46. The van der Waals surface area contributed by atoms with Gasteiger partial charge in [0, 0.05) is 86.2 Å². The second-order valence-corrected chi connectivity index (χ2v) is 14.1. The number of fused-ring (bicyclic) bond motifs is 1. The van der Waals surface area contributed by atoms with Gasteiger partial charge in [0.25, 0.3) is 5.91 Å². The summed E-state index contributed by atoms with van der Waals surface area (Å²) in [7, 11) is -1.87. The highest BCUT2D eigenvalue weighted by Gasteiger charge is 2.31. The molecular weight excluding hydrogens is 637 g/mol. The Hall–Kier alpha value is -3.56. The van der Waals surface area contributed by atoms with Gasteiger partial charge < -0.3 is 26.0 Å². The summed E-state index contributed by atoms with van der Waals surface area (Å²) < 4.78 is 41.4. The smallest absolute Gasteiger partial charge is 0.314 e. The molecule has 2 aliphatic rings. The molecule has 0 bridgehead atoms. The van der Waals surface area contributed by atoms with Gasteiger partial charge in [0.15, 0.2) is 0 Å². The van der Waals surface area contributed by atoms with Crippen molar-refractivity contribution in [1.29, 1.82) is 0 Å². The fraction of sp³-hybridized carbons (Fsp3) is 0.452. The topological polar surface area (TPSA) is 149 Å². The molecular formula is C31H39ClFN7O5S. The van der Waals surface area contributed by atoms with Crippen molar-refractivity contribution in [3.8, 4) is 11.3 Å². The monoisotopic (exact) mass is 675 g/mol. The van der Waals surface area contributed by atoms with E-state index in [9.17, 15) is 27.5 Å². The average molecular weight is 676 g/mol. The molecule has 1 unspecified atom stereocenters. The predicted octanol–water partition coefficient (Wildman–Crippen LogP) is 2.34. The zero-order valence-corrected chi connectivity index (χ0v) is 27.4. The number of nitrogens with zero attached hydrogens (tertiary/aromatic N) is 4. The number of carbonyl (C=O) groups is 2. The van der Waals surface area contributed by atoms with Crippen LogP contribution in [0.15, 0.2) is 42.5 Å². The summed E-state index contributed by atoms with van der Waals surface area (Å²) >= 11 is 6.49. The van der Waals surface area contributed by atoms with Gasteiger partial charge in [-0.1, -0.05) is 17.7 Å². The normalized spacial score (nSPS) is 16.9. The maximum absolute atomic E-state index is 13.3. The number of aliphatic hydroxyl groups is 1. The van der Waals surface area contributed by atoms with Gasteiger partial charge >= 0.3 is 6.03 Å². The second kappa shape index (κ2) is 14.5. The quantitative estimate of drug-likeness (QED) is 0.258. The number of hydrogen-bond acceptors (Lipinski definition) is 7. The summed E-state index contributed by atoms with van der Waals surface area (Å²) in [6.45, 7) is 2.70.